The third-order valence-corrected chi connectivity index (χ3v) is 3.86. The molecule has 0 radical (unpaired) electrons. The van der Waals surface area contributed by atoms with Gasteiger partial charge in [-0.2, -0.15) is 0 Å². The van der Waals surface area contributed by atoms with E-state index in [1.165, 1.54) is 0 Å². The first-order chi connectivity index (χ1) is 10.2. The molecule has 0 spiro atoms. The van der Waals surface area contributed by atoms with Crippen LogP contribution in [0.3, 0.4) is 0 Å². The van der Waals surface area contributed by atoms with Gasteiger partial charge in [-0.25, -0.2) is 4.98 Å². The number of aliphatic hydroxyl groups excluding tert-OH is 1. The average molecular weight is 347 g/mol. The summed E-state index contributed by atoms with van der Waals surface area (Å²) in [6.07, 6.45) is 1.14. The van der Waals surface area contributed by atoms with Crippen LogP contribution >= 0.6 is 15.9 Å². The van der Waals surface area contributed by atoms with Crippen molar-refractivity contribution in [3.05, 3.63) is 59.3 Å². The van der Waals surface area contributed by atoms with E-state index >= 15 is 0 Å². The van der Waals surface area contributed by atoms with Gasteiger partial charge in [0, 0.05) is 0 Å². The van der Waals surface area contributed by atoms with Crippen LogP contribution < -0.4 is 4.74 Å². The maximum absolute atomic E-state index is 10.1. The summed E-state index contributed by atoms with van der Waals surface area (Å²) in [5, 5.41) is 10.1. The Bertz CT molecular complexity index is 742. The summed E-state index contributed by atoms with van der Waals surface area (Å²) in [4.78, 5) is 4.31. The van der Waals surface area contributed by atoms with Gasteiger partial charge in [0.05, 0.1) is 28.4 Å². The molecule has 0 aliphatic rings. The number of fused-ring (bicyclic) bond motifs is 1. The van der Waals surface area contributed by atoms with Crippen LogP contribution in [-0.4, -0.2) is 27.4 Å². The predicted octanol–water partition coefficient (Wildman–Crippen LogP) is 3.24. The van der Waals surface area contributed by atoms with Crippen LogP contribution in [0, 0.1) is 0 Å². The van der Waals surface area contributed by atoms with Crippen LogP contribution in [0.25, 0.3) is 11.0 Å². The first-order valence-corrected chi connectivity index (χ1v) is 7.48. The van der Waals surface area contributed by atoms with Crippen molar-refractivity contribution in [3.63, 3.8) is 0 Å². The van der Waals surface area contributed by atoms with Gasteiger partial charge in [-0.15, -0.1) is 0 Å². The fraction of sp³-hybridized carbons (Fsp3) is 0.188. The third-order valence-electron chi connectivity index (χ3n) is 3.20. The van der Waals surface area contributed by atoms with Crippen LogP contribution in [0.2, 0.25) is 0 Å². The quantitative estimate of drug-likeness (QED) is 0.771. The van der Waals surface area contributed by atoms with Crippen LogP contribution in [0.15, 0.2) is 59.3 Å². The molecule has 0 bridgehead atoms. The summed E-state index contributed by atoms with van der Waals surface area (Å²) < 4.78 is 8.44. The monoisotopic (exact) mass is 346 g/mol. The minimum Gasteiger partial charge on any atom is -0.490 e. The molecular weight excluding hydrogens is 332 g/mol. The molecule has 0 aliphatic heterocycles. The zero-order valence-corrected chi connectivity index (χ0v) is 12.9. The lowest BCUT2D eigenvalue weighted by Crippen LogP contribution is -2.23. The number of aliphatic hydroxyl groups is 1. The van der Waals surface area contributed by atoms with E-state index in [2.05, 4.69) is 20.9 Å². The zero-order valence-electron chi connectivity index (χ0n) is 11.3. The predicted molar refractivity (Wildman–Crippen MR) is 85.4 cm³/mol. The number of nitrogens with zero attached hydrogens (tertiary/aromatic N) is 2. The normalized spacial score (nSPS) is 12.5. The van der Waals surface area contributed by atoms with Crippen molar-refractivity contribution in [1.29, 1.82) is 0 Å². The van der Waals surface area contributed by atoms with Crippen LogP contribution in [-0.2, 0) is 6.54 Å². The maximum Gasteiger partial charge on any atom is 0.133 e. The Kier molecular flexibility index (Phi) is 4.22. The Morgan fingerprint density at radius 1 is 1.14 bits per heavy atom. The molecule has 3 rings (SSSR count). The zero-order chi connectivity index (χ0) is 14.7. The molecule has 3 aromatic rings. The van der Waals surface area contributed by atoms with Crippen molar-refractivity contribution in [2.24, 2.45) is 0 Å². The summed E-state index contributed by atoms with van der Waals surface area (Å²) in [7, 11) is 0. The molecule has 1 heterocycles. The minimum atomic E-state index is -0.602. The van der Waals surface area contributed by atoms with E-state index in [9.17, 15) is 5.11 Å². The van der Waals surface area contributed by atoms with Gasteiger partial charge in [0.15, 0.2) is 0 Å². The second-order valence-electron chi connectivity index (χ2n) is 4.78. The molecule has 21 heavy (non-hydrogen) atoms. The van der Waals surface area contributed by atoms with E-state index in [4.69, 9.17) is 4.74 Å². The number of hydrogen-bond donors (Lipinski definition) is 1. The van der Waals surface area contributed by atoms with Gasteiger partial charge in [0.2, 0.25) is 0 Å². The Labute approximate surface area is 131 Å². The largest absolute Gasteiger partial charge is 0.490 e. The van der Waals surface area contributed by atoms with Crippen LogP contribution in [0.4, 0.5) is 0 Å². The molecule has 1 unspecified atom stereocenters. The number of aromatic nitrogens is 2. The molecule has 0 saturated heterocycles. The molecule has 0 saturated carbocycles. The molecule has 2 aromatic carbocycles. The number of halogens is 1. The molecule has 0 fully saturated rings. The van der Waals surface area contributed by atoms with Gasteiger partial charge in [-0.05, 0) is 40.2 Å². The second-order valence-corrected chi connectivity index (χ2v) is 5.64. The number of rotatable bonds is 5. The number of ether oxygens (including phenoxy) is 1. The number of imidazole rings is 1. The first-order valence-electron chi connectivity index (χ1n) is 6.69. The van der Waals surface area contributed by atoms with Gasteiger partial charge in [-0.3, -0.25) is 0 Å². The Morgan fingerprint density at radius 2 is 1.90 bits per heavy atom. The maximum atomic E-state index is 10.1. The summed E-state index contributed by atoms with van der Waals surface area (Å²) in [5.41, 5.74) is 1.94. The highest BCUT2D eigenvalue weighted by molar-refractivity contribution is 9.10. The molecule has 0 amide bonds. The molecule has 0 aliphatic carbocycles. The molecule has 1 atom stereocenters. The summed E-state index contributed by atoms with van der Waals surface area (Å²) in [5.74, 6) is 0.729. The summed E-state index contributed by atoms with van der Waals surface area (Å²) >= 11 is 3.42. The Morgan fingerprint density at radius 3 is 2.76 bits per heavy atom. The second kappa shape index (κ2) is 6.28. The Balaban J connectivity index is 1.64. The van der Waals surface area contributed by atoms with Crippen molar-refractivity contribution in [3.8, 4) is 5.75 Å². The van der Waals surface area contributed by atoms with E-state index in [0.717, 1.165) is 21.3 Å². The van der Waals surface area contributed by atoms with E-state index < -0.39 is 6.10 Å². The standard InChI is InChI=1S/C16H15BrN2O2/c17-13-5-1-4-8-16(13)21-10-12(20)9-19-11-18-14-6-2-3-7-15(14)19/h1-8,11-12,20H,9-10H2. The molecule has 108 valence electrons. The highest BCUT2D eigenvalue weighted by Gasteiger charge is 2.10. The van der Waals surface area contributed by atoms with Gasteiger partial charge in [-0.1, -0.05) is 24.3 Å². The molecule has 5 heteroatoms. The van der Waals surface area contributed by atoms with Crippen molar-refractivity contribution in [2.45, 2.75) is 12.6 Å². The van der Waals surface area contributed by atoms with Gasteiger partial charge in [0.25, 0.3) is 0 Å². The molecule has 1 aromatic heterocycles. The van der Waals surface area contributed by atoms with Gasteiger partial charge < -0.3 is 14.4 Å². The lowest BCUT2D eigenvalue weighted by atomic mass is 10.3. The van der Waals surface area contributed by atoms with Crippen molar-refractivity contribution in [1.82, 2.24) is 9.55 Å². The third kappa shape index (κ3) is 3.25. The van der Waals surface area contributed by atoms with Crippen molar-refractivity contribution >= 4 is 27.0 Å². The van der Waals surface area contributed by atoms with E-state index in [1.807, 2.05) is 53.1 Å². The fourth-order valence-corrected chi connectivity index (χ4v) is 2.58. The molecule has 1 N–H and O–H groups in total. The summed E-state index contributed by atoms with van der Waals surface area (Å²) in [6.45, 7) is 0.681. The number of para-hydroxylation sites is 3. The first kappa shape index (κ1) is 14.1. The highest BCUT2D eigenvalue weighted by atomic mass is 79.9. The van der Waals surface area contributed by atoms with Crippen molar-refractivity contribution in [2.75, 3.05) is 6.61 Å². The van der Waals surface area contributed by atoms with E-state index in [-0.39, 0.29) is 6.61 Å². The average Bonchev–Trinajstić information content (AvgIpc) is 2.90. The highest BCUT2D eigenvalue weighted by Crippen LogP contribution is 2.24. The van der Waals surface area contributed by atoms with Crippen LogP contribution in [0.5, 0.6) is 5.75 Å². The van der Waals surface area contributed by atoms with Crippen LogP contribution in [0.1, 0.15) is 0 Å². The topological polar surface area (TPSA) is 47.3 Å². The van der Waals surface area contributed by atoms with Gasteiger partial charge in [0.1, 0.15) is 18.5 Å². The fourth-order valence-electron chi connectivity index (χ4n) is 2.18. The van der Waals surface area contributed by atoms with Gasteiger partial charge >= 0.3 is 0 Å². The number of benzene rings is 2. The lowest BCUT2D eigenvalue weighted by Gasteiger charge is -2.14. The van der Waals surface area contributed by atoms with E-state index in [1.54, 1.807) is 6.33 Å². The molecular formula is C16H15BrN2O2. The number of hydrogen-bond acceptors (Lipinski definition) is 3. The Hall–Kier alpha value is -1.85. The lowest BCUT2D eigenvalue weighted by molar-refractivity contribution is 0.0930. The van der Waals surface area contributed by atoms with E-state index in [0.29, 0.717) is 6.54 Å². The van der Waals surface area contributed by atoms with Crippen molar-refractivity contribution < 1.29 is 9.84 Å². The minimum absolute atomic E-state index is 0.231. The molecule has 4 nitrogen and oxygen atoms in total. The SMILES string of the molecule is OC(COc1ccccc1Br)Cn1cnc2ccccc21. The summed E-state index contributed by atoms with van der Waals surface area (Å²) in [6, 6.07) is 15.4. The smallest absolute Gasteiger partial charge is 0.133 e.